The van der Waals surface area contributed by atoms with Crippen LogP contribution in [0.3, 0.4) is 0 Å². The first kappa shape index (κ1) is 12.6. The second kappa shape index (κ2) is 6.20. The third kappa shape index (κ3) is 3.84. The number of rotatable bonds is 4. The molecule has 17 heavy (non-hydrogen) atoms. The van der Waals surface area contributed by atoms with Crippen molar-refractivity contribution in [2.24, 2.45) is 0 Å². The van der Waals surface area contributed by atoms with Crippen LogP contribution in [0.2, 0.25) is 5.02 Å². The van der Waals surface area contributed by atoms with Gasteiger partial charge in [0.2, 0.25) is 0 Å². The second-order valence-electron chi connectivity index (χ2n) is 3.82. The zero-order valence-electron chi connectivity index (χ0n) is 9.29. The zero-order chi connectivity index (χ0) is 12.1. The molecule has 0 aliphatic heterocycles. The van der Waals surface area contributed by atoms with Crippen LogP contribution in [0.15, 0.2) is 53.0 Å². The highest BCUT2D eigenvalue weighted by Crippen LogP contribution is 2.20. The van der Waals surface area contributed by atoms with E-state index in [1.165, 1.54) is 5.56 Å². The molecule has 0 saturated heterocycles. The summed E-state index contributed by atoms with van der Waals surface area (Å²) in [5, 5.41) is 4.18. The maximum atomic E-state index is 6.12. The van der Waals surface area contributed by atoms with Crippen LogP contribution in [0.5, 0.6) is 0 Å². The normalized spacial score (nSPS) is 10.5. The summed E-state index contributed by atoms with van der Waals surface area (Å²) >= 11 is 9.56. The Kier molecular flexibility index (Phi) is 4.60. The Bertz CT molecular complexity index is 485. The fraction of sp³-hybridized carbons (Fsp3) is 0.143. The average Bonchev–Trinajstić information content (AvgIpc) is 2.35. The second-order valence-corrected chi connectivity index (χ2v) is 5.15. The molecule has 88 valence electrons. The van der Waals surface area contributed by atoms with Crippen LogP contribution in [0.4, 0.5) is 0 Å². The highest BCUT2D eigenvalue weighted by atomic mass is 79.9. The van der Waals surface area contributed by atoms with Gasteiger partial charge in [-0.3, -0.25) is 0 Å². The molecule has 1 nitrogen and oxygen atoms in total. The van der Waals surface area contributed by atoms with E-state index in [0.29, 0.717) is 0 Å². The number of hydrogen-bond donors (Lipinski definition) is 1. The summed E-state index contributed by atoms with van der Waals surface area (Å²) in [4.78, 5) is 0. The van der Waals surface area contributed by atoms with Gasteiger partial charge in [-0.05, 0) is 29.3 Å². The quantitative estimate of drug-likeness (QED) is 0.883. The Hall–Kier alpha value is -0.830. The van der Waals surface area contributed by atoms with Gasteiger partial charge in [-0.15, -0.1) is 0 Å². The molecular weight excluding hydrogens is 298 g/mol. The predicted molar refractivity (Wildman–Crippen MR) is 76.1 cm³/mol. The molecule has 0 amide bonds. The topological polar surface area (TPSA) is 12.0 Å². The van der Waals surface area contributed by atoms with Crippen LogP contribution in [0.1, 0.15) is 11.1 Å². The monoisotopic (exact) mass is 309 g/mol. The van der Waals surface area contributed by atoms with Gasteiger partial charge >= 0.3 is 0 Å². The van der Waals surface area contributed by atoms with E-state index < -0.39 is 0 Å². The fourth-order valence-electron chi connectivity index (χ4n) is 1.62. The maximum Gasteiger partial charge on any atom is 0.0451 e. The lowest BCUT2D eigenvalue weighted by Crippen LogP contribution is -2.12. The van der Waals surface area contributed by atoms with Gasteiger partial charge in [-0.1, -0.05) is 57.9 Å². The summed E-state index contributed by atoms with van der Waals surface area (Å²) < 4.78 is 1.05. The molecule has 0 saturated carbocycles. The molecule has 0 spiro atoms. The van der Waals surface area contributed by atoms with E-state index in [4.69, 9.17) is 11.6 Å². The molecule has 0 bridgehead atoms. The Labute approximate surface area is 115 Å². The average molecular weight is 311 g/mol. The van der Waals surface area contributed by atoms with E-state index in [9.17, 15) is 0 Å². The third-order valence-electron chi connectivity index (χ3n) is 2.50. The van der Waals surface area contributed by atoms with Gasteiger partial charge in [0.15, 0.2) is 0 Å². The Morgan fingerprint density at radius 1 is 1.00 bits per heavy atom. The lowest BCUT2D eigenvalue weighted by atomic mass is 10.2. The van der Waals surface area contributed by atoms with E-state index in [-0.39, 0.29) is 0 Å². The molecule has 0 radical (unpaired) electrons. The van der Waals surface area contributed by atoms with Crippen LogP contribution in [-0.4, -0.2) is 0 Å². The van der Waals surface area contributed by atoms with Crippen molar-refractivity contribution >= 4 is 27.5 Å². The van der Waals surface area contributed by atoms with Gasteiger partial charge < -0.3 is 5.32 Å². The smallest absolute Gasteiger partial charge is 0.0451 e. The van der Waals surface area contributed by atoms with Crippen molar-refractivity contribution in [1.29, 1.82) is 0 Å². The van der Waals surface area contributed by atoms with Crippen molar-refractivity contribution < 1.29 is 0 Å². The Morgan fingerprint density at radius 3 is 2.53 bits per heavy atom. The van der Waals surface area contributed by atoms with Crippen molar-refractivity contribution in [1.82, 2.24) is 5.32 Å². The molecule has 3 heteroatoms. The van der Waals surface area contributed by atoms with Crippen molar-refractivity contribution in [3.8, 4) is 0 Å². The van der Waals surface area contributed by atoms with Gasteiger partial charge in [0, 0.05) is 22.6 Å². The molecule has 0 fully saturated rings. The molecular formula is C14H13BrClN. The minimum absolute atomic E-state index is 0.771. The van der Waals surface area contributed by atoms with E-state index in [1.54, 1.807) is 0 Å². The summed E-state index contributed by atoms with van der Waals surface area (Å²) in [7, 11) is 0. The van der Waals surface area contributed by atoms with Gasteiger partial charge in [-0.2, -0.15) is 0 Å². The molecule has 0 aromatic heterocycles. The largest absolute Gasteiger partial charge is 0.309 e. The van der Waals surface area contributed by atoms with Crippen LogP contribution in [0, 0.1) is 0 Å². The summed E-state index contributed by atoms with van der Waals surface area (Å²) in [6, 6.07) is 16.2. The number of hydrogen-bond acceptors (Lipinski definition) is 1. The first-order chi connectivity index (χ1) is 8.25. The number of nitrogens with one attached hydrogen (secondary N) is 1. The molecule has 2 aromatic carbocycles. The lowest BCUT2D eigenvalue weighted by molar-refractivity contribution is 0.693. The number of benzene rings is 2. The van der Waals surface area contributed by atoms with Crippen molar-refractivity contribution in [3.05, 3.63) is 69.2 Å². The van der Waals surface area contributed by atoms with Gasteiger partial charge in [-0.25, -0.2) is 0 Å². The van der Waals surface area contributed by atoms with E-state index >= 15 is 0 Å². The highest BCUT2D eigenvalue weighted by Gasteiger charge is 2.00. The van der Waals surface area contributed by atoms with Crippen LogP contribution < -0.4 is 5.32 Å². The van der Waals surface area contributed by atoms with Gasteiger partial charge in [0.1, 0.15) is 0 Å². The van der Waals surface area contributed by atoms with Crippen LogP contribution in [-0.2, 0) is 13.1 Å². The summed E-state index contributed by atoms with van der Waals surface area (Å²) in [6.07, 6.45) is 0. The summed E-state index contributed by atoms with van der Waals surface area (Å²) in [5.41, 5.74) is 2.38. The van der Waals surface area contributed by atoms with Crippen LogP contribution in [0.25, 0.3) is 0 Å². The standard InChI is InChI=1S/C14H13BrClN/c15-13-6-7-14(16)12(8-13)10-17-9-11-4-2-1-3-5-11/h1-8,17H,9-10H2. The minimum atomic E-state index is 0.771. The van der Waals surface area contributed by atoms with E-state index in [2.05, 4.69) is 33.4 Å². The van der Waals surface area contributed by atoms with Crippen molar-refractivity contribution in [3.63, 3.8) is 0 Å². The molecule has 2 rings (SSSR count). The van der Waals surface area contributed by atoms with E-state index in [1.807, 2.05) is 36.4 Å². The number of halogens is 2. The highest BCUT2D eigenvalue weighted by molar-refractivity contribution is 9.10. The van der Waals surface area contributed by atoms with Crippen LogP contribution >= 0.6 is 27.5 Å². The molecule has 1 N–H and O–H groups in total. The molecule has 0 aliphatic rings. The van der Waals surface area contributed by atoms with E-state index in [0.717, 1.165) is 28.1 Å². The first-order valence-electron chi connectivity index (χ1n) is 5.44. The van der Waals surface area contributed by atoms with Crippen molar-refractivity contribution in [2.75, 3.05) is 0 Å². The molecule has 0 unspecified atom stereocenters. The molecule has 2 aromatic rings. The third-order valence-corrected chi connectivity index (χ3v) is 3.36. The summed E-state index contributed by atoms with van der Waals surface area (Å²) in [5.74, 6) is 0. The van der Waals surface area contributed by atoms with Crippen molar-refractivity contribution in [2.45, 2.75) is 13.1 Å². The predicted octanol–water partition coefficient (Wildman–Crippen LogP) is 4.39. The Morgan fingerprint density at radius 2 is 1.76 bits per heavy atom. The molecule has 0 atom stereocenters. The minimum Gasteiger partial charge on any atom is -0.309 e. The first-order valence-corrected chi connectivity index (χ1v) is 6.61. The zero-order valence-corrected chi connectivity index (χ0v) is 11.6. The van der Waals surface area contributed by atoms with Gasteiger partial charge in [0.25, 0.3) is 0 Å². The molecule has 0 heterocycles. The summed E-state index contributed by atoms with van der Waals surface area (Å²) in [6.45, 7) is 1.62. The Balaban J connectivity index is 1.92. The van der Waals surface area contributed by atoms with Gasteiger partial charge in [0.05, 0.1) is 0 Å². The maximum absolute atomic E-state index is 6.12. The fourth-order valence-corrected chi connectivity index (χ4v) is 2.21. The SMILES string of the molecule is Clc1ccc(Br)cc1CNCc1ccccc1. The molecule has 0 aliphatic carbocycles. The lowest BCUT2D eigenvalue weighted by Gasteiger charge is -2.07.